The molecule has 0 saturated carbocycles. The first-order chi connectivity index (χ1) is 8.86. The Kier molecular flexibility index (Phi) is 5.05. The highest BCUT2D eigenvalue weighted by Crippen LogP contribution is 2.08. The van der Waals surface area contributed by atoms with Gasteiger partial charge in [0.15, 0.2) is 0 Å². The normalized spacial score (nSPS) is 11.8. The van der Waals surface area contributed by atoms with Crippen molar-refractivity contribution in [2.45, 2.75) is 26.8 Å². The molecule has 0 aromatic carbocycles. The zero-order chi connectivity index (χ0) is 14.6. The molecule has 2 N–H and O–H groups in total. The molecule has 104 valence electrons. The van der Waals surface area contributed by atoms with E-state index in [0.717, 1.165) is 6.07 Å². The summed E-state index contributed by atoms with van der Waals surface area (Å²) in [6.07, 6.45) is 0. The van der Waals surface area contributed by atoms with Crippen molar-refractivity contribution in [3.63, 3.8) is 0 Å². The van der Waals surface area contributed by atoms with Crippen molar-refractivity contribution in [2.24, 2.45) is 0 Å². The van der Waals surface area contributed by atoms with E-state index in [1.54, 1.807) is 13.8 Å². The van der Waals surface area contributed by atoms with Crippen LogP contribution >= 0.6 is 11.6 Å². The van der Waals surface area contributed by atoms with Gasteiger partial charge >= 0.3 is 6.03 Å². The van der Waals surface area contributed by atoms with E-state index in [1.807, 2.05) is 0 Å². The fraction of sp³-hybridized carbons (Fsp3) is 0.455. The highest BCUT2D eigenvalue weighted by molar-refractivity contribution is 6.29. The number of aromatic nitrogens is 2. The predicted octanol–water partition coefficient (Wildman–Crippen LogP) is 0.612. The molecule has 0 fully saturated rings. The van der Waals surface area contributed by atoms with Crippen molar-refractivity contribution in [2.75, 3.05) is 6.54 Å². The van der Waals surface area contributed by atoms with E-state index in [0.29, 0.717) is 12.4 Å². The maximum absolute atomic E-state index is 11.8. The molecular formula is C11H15ClN4O3. The van der Waals surface area contributed by atoms with Gasteiger partial charge in [-0.15, -0.1) is 0 Å². The molecule has 3 amide bonds. The Hall–Kier alpha value is -1.89. The molecule has 0 spiro atoms. The second-order valence-corrected chi connectivity index (χ2v) is 4.25. The highest BCUT2D eigenvalue weighted by atomic mass is 35.5. The topological polar surface area (TPSA) is 93.1 Å². The van der Waals surface area contributed by atoms with Crippen LogP contribution in [0.25, 0.3) is 0 Å². The number of carbonyl (C=O) groups excluding carboxylic acids is 2. The molecule has 1 unspecified atom stereocenters. The third-order valence-corrected chi connectivity index (χ3v) is 2.63. The molecule has 0 bridgehead atoms. The van der Waals surface area contributed by atoms with Gasteiger partial charge in [0.2, 0.25) is 0 Å². The van der Waals surface area contributed by atoms with Crippen LogP contribution in [0.15, 0.2) is 10.9 Å². The van der Waals surface area contributed by atoms with Gasteiger partial charge in [0, 0.05) is 12.6 Å². The van der Waals surface area contributed by atoms with Gasteiger partial charge in [-0.2, -0.15) is 0 Å². The quantitative estimate of drug-likeness (QED) is 0.796. The summed E-state index contributed by atoms with van der Waals surface area (Å²) >= 11 is 5.64. The molecule has 7 nitrogen and oxygen atoms in total. The number of aryl methyl sites for hydroxylation is 1. The Labute approximate surface area is 115 Å². The van der Waals surface area contributed by atoms with Crippen LogP contribution in [0, 0.1) is 6.92 Å². The van der Waals surface area contributed by atoms with Gasteiger partial charge in [0.05, 0.1) is 0 Å². The predicted molar refractivity (Wildman–Crippen MR) is 70.2 cm³/mol. The summed E-state index contributed by atoms with van der Waals surface area (Å²) in [5.74, 6) is -0.295. The average molecular weight is 287 g/mol. The molecular weight excluding hydrogens is 272 g/mol. The highest BCUT2D eigenvalue weighted by Gasteiger charge is 2.20. The minimum absolute atomic E-state index is 0.0649. The van der Waals surface area contributed by atoms with E-state index < -0.39 is 23.5 Å². The summed E-state index contributed by atoms with van der Waals surface area (Å²) in [6, 6.07) is -0.350. The van der Waals surface area contributed by atoms with E-state index in [4.69, 9.17) is 11.6 Å². The molecule has 0 aliphatic carbocycles. The lowest BCUT2D eigenvalue weighted by Gasteiger charge is -2.16. The van der Waals surface area contributed by atoms with Crippen LogP contribution < -0.4 is 16.2 Å². The Morgan fingerprint density at radius 1 is 1.53 bits per heavy atom. The number of imide groups is 1. The van der Waals surface area contributed by atoms with Crippen LogP contribution in [0.1, 0.15) is 25.7 Å². The smallest absolute Gasteiger partial charge is 0.321 e. The fourth-order valence-corrected chi connectivity index (χ4v) is 1.80. The van der Waals surface area contributed by atoms with Crippen LogP contribution in [0.5, 0.6) is 0 Å². The number of halogens is 1. The van der Waals surface area contributed by atoms with Gasteiger partial charge in [-0.05, 0) is 20.8 Å². The van der Waals surface area contributed by atoms with Gasteiger partial charge in [-0.25, -0.2) is 9.78 Å². The zero-order valence-electron chi connectivity index (χ0n) is 10.9. The Bertz CT molecular complexity index is 555. The van der Waals surface area contributed by atoms with Crippen LogP contribution in [-0.2, 0) is 4.79 Å². The summed E-state index contributed by atoms with van der Waals surface area (Å²) in [5, 5.41) is 4.63. The number of urea groups is 1. The number of hydrogen-bond donors (Lipinski definition) is 2. The first-order valence-electron chi connectivity index (χ1n) is 5.71. The van der Waals surface area contributed by atoms with Crippen molar-refractivity contribution >= 4 is 23.5 Å². The van der Waals surface area contributed by atoms with E-state index >= 15 is 0 Å². The first-order valence-corrected chi connectivity index (χ1v) is 6.09. The van der Waals surface area contributed by atoms with Crippen LogP contribution in [0.3, 0.4) is 0 Å². The van der Waals surface area contributed by atoms with Gasteiger partial charge in [-0.3, -0.25) is 19.5 Å². The minimum atomic E-state index is -0.861. The second kappa shape index (κ2) is 6.33. The molecule has 19 heavy (non-hydrogen) atoms. The SMILES string of the molecule is CCNC(=O)NC(=O)C(C)n1c(C)nc(Cl)cc1=O. The number of rotatable bonds is 3. The Balaban J connectivity index is 2.95. The van der Waals surface area contributed by atoms with Crippen molar-refractivity contribution in [1.29, 1.82) is 0 Å². The third kappa shape index (κ3) is 3.78. The lowest BCUT2D eigenvalue weighted by atomic mass is 10.3. The fourth-order valence-electron chi connectivity index (χ4n) is 1.58. The number of hydrogen-bond acceptors (Lipinski definition) is 4. The van der Waals surface area contributed by atoms with E-state index in [-0.39, 0.29) is 5.15 Å². The second-order valence-electron chi connectivity index (χ2n) is 3.86. The van der Waals surface area contributed by atoms with Crippen LogP contribution in [-0.4, -0.2) is 28.0 Å². The van der Waals surface area contributed by atoms with Crippen molar-refractivity contribution in [3.8, 4) is 0 Å². The monoisotopic (exact) mass is 286 g/mol. The average Bonchev–Trinajstić information content (AvgIpc) is 2.27. The van der Waals surface area contributed by atoms with Crippen LogP contribution in [0.2, 0.25) is 5.15 Å². The third-order valence-electron chi connectivity index (χ3n) is 2.44. The number of amides is 3. The summed E-state index contributed by atoms with van der Waals surface area (Å²) in [7, 11) is 0. The molecule has 1 rings (SSSR count). The lowest BCUT2D eigenvalue weighted by molar-refractivity contribution is -0.122. The van der Waals surface area contributed by atoms with E-state index in [2.05, 4.69) is 15.6 Å². The van der Waals surface area contributed by atoms with Crippen LogP contribution in [0.4, 0.5) is 4.79 Å². The molecule has 0 saturated heterocycles. The molecule has 1 atom stereocenters. The molecule has 0 radical (unpaired) electrons. The summed E-state index contributed by atoms with van der Waals surface area (Å²) in [5.41, 5.74) is -0.448. The van der Waals surface area contributed by atoms with E-state index in [9.17, 15) is 14.4 Å². The van der Waals surface area contributed by atoms with Crippen molar-refractivity contribution in [1.82, 2.24) is 20.2 Å². The summed E-state index contributed by atoms with van der Waals surface area (Å²) in [4.78, 5) is 38.7. The summed E-state index contributed by atoms with van der Waals surface area (Å²) < 4.78 is 1.17. The van der Waals surface area contributed by atoms with Crippen molar-refractivity contribution < 1.29 is 9.59 Å². The van der Waals surface area contributed by atoms with Gasteiger partial charge < -0.3 is 5.32 Å². The molecule has 1 heterocycles. The standard InChI is InChI=1S/C11H15ClN4O3/c1-4-13-11(19)15-10(18)6(2)16-7(3)14-8(12)5-9(16)17/h5-6H,4H2,1-3H3,(H2,13,15,18,19). The largest absolute Gasteiger partial charge is 0.338 e. The molecule has 1 aromatic rings. The van der Waals surface area contributed by atoms with Gasteiger partial charge in [0.25, 0.3) is 11.5 Å². The Morgan fingerprint density at radius 2 is 2.16 bits per heavy atom. The van der Waals surface area contributed by atoms with Gasteiger partial charge in [-0.1, -0.05) is 11.6 Å². The first kappa shape index (κ1) is 15.2. The molecule has 1 aromatic heterocycles. The number of nitrogens with one attached hydrogen (secondary N) is 2. The van der Waals surface area contributed by atoms with E-state index in [1.165, 1.54) is 11.5 Å². The Morgan fingerprint density at radius 3 is 2.68 bits per heavy atom. The molecule has 0 aliphatic heterocycles. The molecule has 0 aliphatic rings. The maximum atomic E-state index is 11.8. The molecule has 8 heteroatoms. The number of nitrogens with zero attached hydrogens (tertiary/aromatic N) is 2. The maximum Gasteiger partial charge on any atom is 0.321 e. The number of carbonyl (C=O) groups is 2. The van der Waals surface area contributed by atoms with Gasteiger partial charge in [0.1, 0.15) is 17.0 Å². The minimum Gasteiger partial charge on any atom is -0.338 e. The summed E-state index contributed by atoms with van der Waals surface area (Å²) in [6.45, 7) is 5.18. The van der Waals surface area contributed by atoms with Crippen molar-refractivity contribution in [3.05, 3.63) is 27.4 Å². The lowest BCUT2D eigenvalue weighted by Crippen LogP contribution is -2.44. The zero-order valence-corrected chi connectivity index (χ0v) is 11.6.